The van der Waals surface area contributed by atoms with Crippen LogP contribution in [-0.4, -0.2) is 27.7 Å². The van der Waals surface area contributed by atoms with Gasteiger partial charge < -0.3 is 14.3 Å². The minimum atomic E-state index is -1.31. The van der Waals surface area contributed by atoms with Gasteiger partial charge in [-0.1, -0.05) is 18.2 Å². The number of fused-ring (bicyclic) bond motifs is 2. The fourth-order valence-corrected chi connectivity index (χ4v) is 4.78. The van der Waals surface area contributed by atoms with Crippen molar-refractivity contribution in [2.24, 2.45) is 0 Å². The van der Waals surface area contributed by atoms with Crippen LogP contribution in [-0.2, 0) is 6.42 Å². The molecule has 0 aliphatic heterocycles. The van der Waals surface area contributed by atoms with Gasteiger partial charge in [0.2, 0.25) is 0 Å². The van der Waals surface area contributed by atoms with Crippen LogP contribution >= 0.6 is 11.3 Å². The van der Waals surface area contributed by atoms with E-state index in [1.807, 2.05) is 24.3 Å². The van der Waals surface area contributed by atoms with E-state index in [-0.39, 0.29) is 27.2 Å². The number of nitrogens with zero attached hydrogens (tertiary/aromatic N) is 1. The summed E-state index contributed by atoms with van der Waals surface area (Å²) in [5, 5.41) is 11.4. The molecule has 0 saturated carbocycles. The van der Waals surface area contributed by atoms with Crippen LogP contribution in [0.3, 0.4) is 0 Å². The highest BCUT2D eigenvalue weighted by atomic mass is 32.1. The molecule has 3 heterocycles. The van der Waals surface area contributed by atoms with Crippen molar-refractivity contribution in [3.63, 3.8) is 0 Å². The van der Waals surface area contributed by atoms with E-state index in [4.69, 9.17) is 9.15 Å². The molecule has 0 saturated heterocycles. The van der Waals surface area contributed by atoms with Gasteiger partial charge in [-0.05, 0) is 12.1 Å². The number of aromatic amines is 1. The number of halogens is 1. The van der Waals surface area contributed by atoms with E-state index in [1.54, 1.807) is 6.26 Å². The number of thiophene rings is 1. The number of furan rings is 1. The summed E-state index contributed by atoms with van der Waals surface area (Å²) in [5.74, 6) is -1.81. The lowest BCUT2D eigenvalue weighted by Crippen LogP contribution is -2.30. The SMILES string of the molecule is COc1cc(F)c(-n2c(=O)[nH]c(=O)c3c(C(=O)O)scc32)cc1Cc1coc2ccccc12. The number of hydrogen-bond donors (Lipinski definition) is 2. The summed E-state index contributed by atoms with van der Waals surface area (Å²) in [6, 6.07) is 10.1. The fraction of sp³-hybridized carbons (Fsp3) is 0.0870. The second-order valence-electron chi connectivity index (χ2n) is 7.27. The lowest BCUT2D eigenvalue weighted by atomic mass is 10.0. The number of H-pyrrole nitrogens is 1. The van der Waals surface area contributed by atoms with Crippen LogP contribution in [0.15, 0.2) is 62.0 Å². The highest BCUT2D eigenvalue weighted by Gasteiger charge is 2.22. The van der Waals surface area contributed by atoms with E-state index in [0.717, 1.165) is 32.9 Å². The quantitative estimate of drug-likeness (QED) is 0.406. The summed E-state index contributed by atoms with van der Waals surface area (Å²) < 4.78 is 27.1. The molecule has 5 rings (SSSR count). The van der Waals surface area contributed by atoms with Crippen LogP contribution in [0.4, 0.5) is 4.39 Å². The van der Waals surface area contributed by atoms with Crippen molar-refractivity contribution in [1.29, 1.82) is 0 Å². The molecule has 0 spiro atoms. The average Bonchev–Trinajstić information content (AvgIpc) is 3.41. The zero-order chi connectivity index (χ0) is 23.3. The predicted molar refractivity (Wildman–Crippen MR) is 121 cm³/mol. The van der Waals surface area contributed by atoms with Gasteiger partial charge in [0.15, 0.2) is 5.82 Å². The van der Waals surface area contributed by atoms with Gasteiger partial charge in [0.05, 0.1) is 30.0 Å². The molecule has 0 atom stereocenters. The number of aromatic nitrogens is 2. The first kappa shape index (κ1) is 20.7. The molecule has 0 fully saturated rings. The van der Waals surface area contributed by atoms with Crippen molar-refractivity contribution >= 4 is 39.2 Å². The Labute approximate surface area is 188 Å². The van der Waals surface area contributed by atoms with E-state index >= 15 is 4.39 Å². The summed E-state index contributed by atoms with van der Waals surface area (Å²) in [6.45, 7) is 0. The predicted octanol–water partition coefficient (Wildman–Crippen LogP) is 3.92. The fourth-order valence-electron chi connectivity index (χ4n) is 3.92. The average molecular weight is 466 g/mol. The Balaban J connectivity index is 1.73. The third-order valence-corrected chi connectivity index (χ3v) is 6.35. The van der Waals surface area contributed by atoms with Gasteiger partial charge in [-0.2, -0.15) is 0 Å². The Morgan fingerprint density at radius 1 is 1.24 bits per heavy atom. The number of methoxy groups -OCH3 is 1. The number of carbonyl (C=O) groups is 1. The Morgan fingerprint density at radius 2 is 2.03 bits per heavy atom. The number of carboxylic acid groups (broad SMARTS) is 1. The molecule has 0 aliphatic rings. The van der Waals surface area contributed by atoms with Crippen LogP contribution in [0.2, 0.25) is 0 Å². The second-order valence-corrected chi connectivity index (χ2v) is 8.15. The number of hydrogen-bond acceptors (Lipinski definition) is 6. The zero-order valence-corrected chi connectivity index (χ0v) is 17.9. The number of ether oxygens (including phenoxy) is 1. The minimum absolute atomic E-state index is 0.00919. The third kappa shape index (κ3) is 3.31. The second kappa shape index (κ2) is 7.75. The van der Waals surface area contributed by atoms with Gasteiger partial charge in [0.1, 0.15) is 16.2 Å². The summed E-state index contributed by atoms with van der Waals surface area (Å²) in [4.78, 5) is 38.4. The van der Waals surface area contributed by atoms with Crippen LogP contribution in [0, 0.1) is 5.82 Å². The van der Waals surface area contributed by atoms with Gasteiger partial charge in [0, 0.05) is 34.4 Å². The number of carboxylic acids is 1. The van der Waals surface area contributed by atoms with Gasteiger partial charge >= 0.3 is 11.7 Å². The van der Waals surface area contributed by atoms with Crippen molar-refractivity contribution < 1.29 is 23.4 Å². The number of nitrogens with one attached hydrogen (secondary N) is 1. The van der Waals surface area contributed by atoms with Gasteiger partial charge in [0.25, 0.3) is 5.56 Å². The van der Waals surface area contributed by atoms with E-state index < -0.39 is 23.0 Å². The molecule has 0 aliphatic carbocycles. The summed E-state index contributed by atoms with van der Waals surface area (Å²) in [6.07, 6.45) is 1.92. The van der Waals surface area contributed by atoms with E-state index in [1.165, 1.54) is 18.6 Å². The van der Waals surface area contributed by atoms with E-state index in [9.17, 15) is 19.5 Å². The molecular weight excluding hydrogens is 451 g/mol. The molecule has 0 unspecified atom stereocenters. The highest BCUT2D eigenvalue weighted by molar-refractivity contribution is 7.13. The zero-order valence-electron chi connectivity index (χ0n) is 17.0. The summed E-state index contributed by atoms with van der Waals surface area (Å²) in [7, 11) is 1.41. The number of benzene rings is 2. The van der Waals surface area contributed by atoms with Crippen molar-refractivity contribution in [3.8, 4) is 11.4 Å². The molecule has 33 heavy (non-hydrogen) atoms. The van der Waals surface area contributed by atoms with Crippen molar-refractivity contribution in [1.82, 2.24) is 9.55 Å². The molecule has 0 radical (unpaired) electrons. The van der Waals surface area contributed by atoms with Crippen molar-refractivity contribution in [2.45, 2.75) is 6.42 Å². The van der Waals surface area contributed by atoms with Gasteiger partial charge in [-0.3, -0.25) is 14.3 Å². The van der Waals surface area contributed by atoms with Gasteiger partial charge in [-0.15, -0.1) is 11.3 Å². The third-order valence-electron chi connectivity index (χ3n) is 5.39. The van der Waals surface area contributed by atoms with Crippen molar-refractivity contribution in [3.05, 3.63) is 90.7 Å². The Bertz CT molecular complexity index is 1680. The maximum absolute atomic E-state index is 15.1. The van der Waals surface area contributed by atoms with E-state index in [2.05, 4.69) is 4.98 Å². The van der Waals surface area contributed by atoms with Gasteiger partial charge in [-0.25, -0.2) is 14.0 Å². The molecule has 5 aromatic rings. The molecule has 2 N–H and O–H groups in total. The monoisotopic (exact) mass is 466 g/mol. The van der Waals surface area contributed by atoms with Crippen molar-refractivity contribution in [2.75, 3.05) is 7.11 Å². The largest absolute Gasteiger partial charge is 0.496 e. The number of para-hydroxylation sites is 1. The molecule has 2 aromatic carbocycles. The molecule has 3 aromatic heterocycles. The lowest BCUT2D eigenvalue weighted by Gasteiger charge is -2.14. The topological polar surface area (TPSA) is 115 Å². The maximum Gasteiger partial charge on any atom is 0.346 e. The normalized spacial score (nSPS) is 11.3. The van der Waals surface area contributed by atoms with Crippen LogP contribution in [0.5, 0.6) is 5.75 Å². The maximum atomic E-state index is 15.1. The first-order valence-electron chi connectivity index (χ1n) is 9.70. The Kier molecular flexibility index (Phi) is 4.86. The molecule has 10 heteroatoms. The Morgan fingerprint density at radius 3 is 2.79 bits per heavy atom. The lowest BCUT2D eigenvalue weighted by molar-refractivity contribution is 0.0704. The standard InChI is InChI=1S/C23H15FN2O6S/c1-31-18-8-14(24)15(7-11(18)6-12-9-32-17-5-3-2-4-13(12)17)26-16-10-33-20(22(28)29)19(16)21(27)25-23(26)30/h2-5,7-10H,6H2,1H3,(H,28,29)(H,25,27,30). The summed E-state index contributed by atoms with van der Waals surface area (Å²) >= 11 is 0.787. The molecule has 0 bridgehead atoms. The van der Waals surface area contributed by atoms with Crippen LogP contribution < -0.4 is 16.0 Å². The van der Waals surface area contributed by atoms with Crippen LogP contribution in [0.25, 0.3) is 27.6 Å². The highest BCUT2D eigenvalue weighted by Crippen LogP contribution is 2.32. The van der Waals surface area contributed by atoms with E-state index in [0.29, 0.717) is 17.6 Å². The van der Waals surface area contributed by atoms with Crippen LogP contribution in [0.1, 0.15) is 20.8 Å². The Hall–Kier alpha value is -4.18. The molecule has 0 amide bonds. The first-order valence-corrected chi connectivity index (χ1v) is 10.6. The smallest absolute Gasteiger partial charge is 0.346 e. The number of rotatable bonds is 5. The molecule has 8 nitrogen and oxygen atoms in total. The number of aromatic carboxylic acids is 1. The summed E-state index contributed by atoms with van der Waals surface area (Å²) in [5.41, 5.74) is 0.251. The molecular formula is C23H15FN2O6S. The first-order chi connectivity index (χ1) is 15.9. The molecule has 166 valence electrons. The minimum Gasteiger partial charge on any atom is -0.496 e.